The van der Waals surface area contributed by atoms with Crippen molar-refractivity contribution in [2.24, 2.45) is 5.73 Å². The van der Waals surface area contributed by atoms with E-state index in [0.29, 0.717) is 33.2 Å². The van der Waals surface area contributed by atoms with Gasteiger partial charge in [0.15, 0.2) is 21.4 Å². The quantitative estimate of drug-likeness (QED) is 0.490. The molecule has 0 saturated carbocycles. The Kier molecular flexibility index (Phi) is 8.30. The molecule has 13 heteroatoms. The number of nitrogens with two attached hydrogens (primary N) is 1. The molecule has 1 heterocycles. The van der Waals surface area contributed by atoms with Crippen molar-refractivity contribution in [1.82, 2.24) is 20.2 Å². The van der Waals surface area contributed by atoms with Crippen molar-refractivity contribution in [3.05, 3.63) is 39.6 Å². The van der Waals surface area contributed by atoms with Crippen LogP contribution in [0.2, 0.25) is 10.0 Å². The summed E-state index contributed by atoms with van der Waals surface area (Å²) in [7, 11) is -4.07. The third kappa shape index (κ3) is 5.97. The van der Waals surface area contributed by atoms with Crippen LogP contribution in [0.15, 0.2) is 18.2 Å². The van der Waals surface area contributed by atoms with Crippen LogP contribution in [0.1, 0.15) is 42.9 Å². The minimum atomic E-state index is -4.07. The van der Waals surface area contributed by atoms with Crippen molar-refractivity contribution in [2.75, 3.05) is 5.75 Å². The van der Waals surface area contributed by atoms with Crippen LogP contribution in [-0.2, 0) is 25.8 Å². The molecule has 1 aromatic heterocycles. The van der Waals surface area contributed by atoms with Crippen LogP contribution in [0.4, 0.5) is 0 Å². The summed E-state index contributed by atoms with van der Waals surface area (Å²) >= 11 is 12.3. The number of carboxylic acid groups (broad SMARTS) is 1. The van der Waals surface area contributed by atoms with Gasteiger partial charge in [0.1, 0.15) is 0 Å². The highest BCUT2D eigenvalue weighted by atomic mass is 35.5. The van der Waals surface area contributed by atoms with Crippen molar-refractivity contribution in [3.63, 3.8) is 0 Å². The second-order valence-corrected chi connectivity index (χ2v) is 9.58. The Hall–Kier alpha value is -2.08. The van der Waals surface area contributed by atoms with Crippen LogP contribution in [0.5, 0.6) is 0 Å². The molecule has 30 heavy (non-hydrogen) atoms. The number of nitrogens with zero attached hydrogens (tertiary/aromatic N) is 4. The van der Waals surface area contributed by atoms with Gasteiger partial charge in [0.2, 0.25) is 5.37 Å². The molecular formula is C17H21Cl2N5O5S. The first-order valence-corrected chi connectivity index (χ1v) is 11.5. The van der Waals surface area contributed by atoms with Gasteiger partial charge in [-0.15, -0.1) is 15.0 Å². The highest BCUT2D eigenvalue weighted by molar-refractivity contribution is 7.92. The Balaban J connectivity index is 2.39. The maximum atomic E-state index is 12.8. The molecule has 2 aromatic rings. The van der Waals surface area contributed by atoms with Crippen molar-refractivity contribution in [2.45, 2.75) is 44.0 Å². The number of tetrazole rings is 1. The van der Waals surface area contributed by atoms with Crippen LogP contribution in [0.3, 0.4) is 0 Å². The fourth-order valence-electron chi connectivity index (χ4n) is 2.65. The van der Waals surface area contributed by atoms with E-state index in [9.17, 15) is 18.0 Å². The molecule has 0 saturated heterocycles. The van der Waals surface area contributed by atoms with Crippen molar-refractivity contribution in [1.29, 1.82) is 0 Å². The van der Waals surface area contributed by atoms with Gasteiger partial charge in [-0.2, -0.15) is 0 Å². The Morgan fingerprint density at radius 3 is 2.47 bits per heavy atom. The zero-order valence-electron chi connectivity index (χ0n) is 16.0. The number of benzene rings is 1. The van der Waals surface area contributed by atoms with Gasteiger partial charge in [0.05, 0.1) is 18.2 Å². The summed E-state index contributed by atoms with van der Waals surface area (Å²) < 4.78 is 25.6. The maximum Gasteiger partial charge on any atom is 0.305 e. The summed E-state index contributed by atoms with van der Waals surface area (Å²) in [5.41, 5.74) is 6.15. The molecule has 1 aromatic carbocycles. The Morgan fingerprint density at radius 1 is 1.27 bits per heavy atom. The SMILES string of the molecule is CCCCS(=O)(=O)C(C(=O)C(N)CC(=O)O)n1nnc(Cc2c(Cl)cccc2Cl)n1. The zero-order chi connectivity index (χ0) is 22.5. The number of halogens is 2. The van der Waals surface area contributed by atoms with Crippen LogP contribution in [0.25, 0.3) is 0 Å². The highest BCUT2D eigenvalue weighted by Crippen LogP contribution is 2.26. The molecule has 2 rings (SSSR count). The summed E-state index contributed by atoms with van der Waals surface area (Å²) in [4.78, 5) is 24.3. The first-order chi connectivity index (χ1) is 14.1. The standard InChI is InChI=1S/C17H21Cl2N5O5S/c1-2-3-7-30(28,29)17(16(27)13(20)9-15(25)26)24-22-14(21-23-24)8-10-11(18)5-4-6-12(10)19/h4-6,13,17H,2-3,7-9,20H2,1H3,(H,25,26). The number of aliphatic carboxylic acids is 1. The fourth-order valence-corrected chi connectivity index (χ4v) is 5.00. The van der Waals surface area contributed by atoms with Crippen LogP contribution >= 0.6 is 23.2 Å². The Bertz CT molecular complexity index is 1010. The minimum absolute atomic E-state index is 0.0512. The lowest BCUT2D eigenvalue weighted by Gasteiger charge is -2.18. The Labute approximate surface area is 183 Å². The Morgan fingerprint density at radius 2 is 1.90 bits per heavy atom. The molecule has 0 radical (unpaired) electrons. The van der Waals surface area contributed by atoms with Gasteiger partial charge >= 0.3 is 5.97 Å². The lowest BCUT2D eigenvalue weighted by molar-refractivity contribution is -0.139. The van der Waals surface area contributed by atoms with E-state index in [1.807, 2.05) is 0 Å². The summed E-state index contributed by atoms with van der Waals surface area (Å²) in [6.45, 7) is 1.79. The number of sulfone groups is 1. The molecule has 164 valence electrons. The predicted octanol–water partition coefficient (Wildman–Crippen LogP) is 1.66. The number of ketones is 1. The van der Waals surface area contributed by atoms with E-state index in [1.165, 1.54) is 0 Å². The van der Waals surface area contributed by atoms with Gasteiger partial charge in [-0.05, 0) is 29.3 Å². The average Bonchev–Trinajstić information content (AvgIpc) is 3.10. The van der Waals surface area contributed by atoms with Gasteiger partial charge in [-0.1, -0.05) is 42.6 Å². The predicted molar refractivity (Wildman–Crippen MR) is 110 cm³/mol. The number of hydrogen-bond acceptors (Lipinski definition) is 8. The second kappa shape index (κ2) is 10.3. The van der Waals surface area contributed by atoms with E-state index in [-0.39, 0.29) is 18.0 Å². The molecule has 0 fully saturated rings. The van der Waals surface area contributed by atoms with Crippen LogP contribution in [0, 0.1) is 0 Å². The number of carboxylic acids is 1. The van der Waals surface area contributed by atoms with Crippen molar-refractivity contribution < 1.29 is 23.1 Å². The summed E-state index contributed by atoms with van der Waals surface area (Å²) in [5, 5.41) is 19.3. The average molecular weight is 478 g/mol. The monoisotopic (exact) mass is 477 g/mol. The van der Waals surface area contributed by atoms with Crippen molar-refractivity contribution >= 4 is 44.8 Å². The zero-order valence-corrected chi connectivity index (χ0v) is 18.4. The topological polar surface area (TPSA) is 158 Å². The molecule has 10 nitrogen and oxygen atoms in total. The lowest BCUT2D eigenvalue weighted by Crippen LogP contribution is -2.43. The molecule has 0 aliphatic rings. The summed E-state index contributed by atoms with van der Waals surface area (Å²) in [6, 6.07) is 3.37. The maximum absolute atomic E-state index is 12.8. The number of carbonyl (C=O) groups is 2. The normalized spacial score (nSPS) is 13.7. The van der Waals surface area contributed by atoms with Gasteiger partial charge in [0, 0.05) is 16.5 Å². The van der Waals surface area contributed by atoms with Gasteiger partial charge in [-0.3, -0.25) is 9.59 Å². The van der Waals surface area contributed by atoms with E-state index in [2.05, 4.69) is 15.4 Å². The van der Waals surface area contributed by atoms with E-state index in [1.54, 1.807) is 25.1 Å². The molecule has 0 aliphatic carbocycles. The first-order valence-electron chi connectivity index (χ1n) is 9.00. The number of unbranched alkanes of at least 4 members (excludes halogenated alkanes) is 1. The number of carbonyl (C=O) groups excluding carboxylic acids is 1. The molecule has 2 atom stereocenters. The van der Waals surface area contributed by atoms with Crippen molar-refractivity contribution in [3.8, 4) is 0 Å². The van der Waals surface area contributed by atoms with Crippen LogP contribution < -0.4 is 5.73 Å². The molecule has 2 unspecified atom stereocenters. The molecule has 0 aliphatic heterocycles. The largest absolute Gasteiger partial charge is 0.481 e. The van der Waals surface area contributed by atoms with Gasteiger partial charge in [-0.25, -0.2) is 8.42 Å². The lowest BCUT2D eigenvalue weighted by atomic mass is 10.1. The smallest absolute Gasteiger partial charge is 0.305 e. The summed E-state index contributed by atoms with van der Waals surface area (Å²) in [6.07, 6.45) is 0.199. The molecule has 3 N–H and O–H groups in total. The molecule has 0 bridgehead atoms. The molecule has 0 amide bonds. The third-order valence-corrected chi connectivity index (χ3v) is 6.87. The second-order valence-electron chi connectivity index (χ2n) is 6.58. The van der Waals surface area contributed by atoms with Crippen LogP contribution in [-0.4, -0.2) is 57.3 Å². The third-order valence-electron chi connectivity index (χ3n) is 4.20. The first kappa shape index (κ1) is 24.2. The minimum Gasteiger partial charge on any atom is -0.481 e. The van der Waals surface area contributed by atoms with E-state index < -0.39 is 39.4 Å². The molecular weight excluding hydrogens is 457 g/mol. The number of rotatable bonds is 11. The van der Waals surface area contributed by atoms with E-state index in [4.69, 9.17) is 34.0 Å². The number of aromatic nitrogens is 4. The molecule has 0 spiro atoms. The number of hydrogen-bond donors (Lipinski definition) is 2. The van der Waals surface area contributed by atoms with Gasteiger partial charge in [0.25, 0.3) is 0 Å². The summed E-state index contributed by atoms with van der Waals surface area (Å²) in [5.74, 6) is -2.58. The number of Topliss-reactive ketones (excluding diaryl/α,β-unsaturated/α-hetero) is 1. The van der Waals surface area contributed by atoms with Gasteiger partial charge < -0.3 is 10.8 Å². The highest BCUT2D eigenvalue weighted by Gasteiger charge is 2.39. The van der Waals surface area contributed by atoms with E-state index in [0.717, 1.165) is 0 Å². The van der Waals surface area contributed by atoms with E-state index >= 15 is 0 Å². The fraction of sp³-hybridized carbons (Fsp3) is 0.471.